The van der Waals surface area contributed by atoms with Gasteiger partial charge in [0.25, 0.3) is 6.43 Å². The molecule has 0 amide bonds. The summed E-state index contributed by atoms with van der Waals surface area (Å²) in [4.78, 5) is 0. The van der Waals surface area contributed by atoms with Crippen molar-refractivity contribution in [3.05, 3.63) is 11.5 Å². The van der Waals surface area contributed by atoms with Gasteiger partial charge in [-0.05, 0) is 13.8 Å². The van der Waals surface area contributed by atoms with Crippen LogP contribution in [0.3, 0.4) is 0 Å². The van der Waals surface area contributed by atoms with Crippen LogP contribution in [0.25, 0.3) is 0 Å². The van der Waals surface area contributed by atoms with Gasteiger partial charge in [-0.1, -0.05) is 0 Å². The minimum atomic E-state index is -2.62. The summed E-state index contributed by atoms with van der Waals surface area (Å²) in [7, 11) is 0. The van der Waals surface area contributed by atoms with Crippen LogP contribution in [0, 0.1) is 0 Å². The number of nitrogens with zero attached hydrogens (tertiary/aromatic N) is 2. The van der Waals surface area contributed by atoms with E-state index in [0.717, 1.165) is 0 Å². The quantitative estimate of drug-likeness (QED) is 0.640. The van der Waals surface area contributed by atoms with Crippen molar-refractivity contribution in [3.8, 4) is 0 Å². The standard InChI is InChI=1S/C7H9F2N2O/c1-3-12-6-4(2)10-11-5(6)7(8)9/h7H,3H2,1-2H3. The first-order valence-electron chi connectivity index (χ1n) is 3.57. The molecule has 5 heteroatoms. The molecule has 0 aliphatic carbocycles. The Labute approximate surface area is 69.1 Å². The van der Waals surface area contributed by atoms with Crippen molar-refractivity contribution >= 4 is 5.71 Å². The van der Waals surface area contributed by atoms with Crippen molar-refractivity contribution < 1.29 is 13.5 Å². The van der Waals surface area contributed by atoms with E-state index in [1.165, 1.54) is 0 Å². The van der Waals surface area contributed by atoms with Crippen molar-refractivity contribution in [1.29, 1.82) is 0 Å². The molecule has 0 fully saturated rings. The van der Waals surface area contributed by atoms with Crippen molar-refractivity contribution in [3.63, 3.8) is 0 Å². The van der Waals surface area contributed by atoms with Gasteiger partial charge in [0.15, 0.2) is 11.5 Å². The molecule has 0 unspecified atom stereocenters. The van der Waals surface area contributed by atoms with Gasteiger partial charge in [0.05, 0.1) is 6.61 Å². The number of allylic oxidation sites excluding steroid dienone is 2. The number of alkyl halides is 2. The van der Waals surface area contributed by atoms with Gasteiger partial charge in [0.2, 0.25) is 0 Å². The second-order valence-electron chi connectivity index (χ2n) is 2.23. The molecule has 1 aliphatic rings. The van der Waals surface area contributed by atoms with Crippen LogP contribution in [0.5, 0.6) is 0 Å². The first-order valence-corrected chi connectivity index (χ1v) is 3.57. The number of halogens is 2. The zero-order chi connectivity index (χ0) is 9.14. The Morgan fingerprint density at radius 3 is 2.67 bits per heavy atom. The summed E-state index contributed by atoms with van der Waals surface area (Å²) in [6, 6.07) is 0. The van der Waals surface area contributed by atoms with Crippen LogP contribution in [0.2, 0.25) is 0 Å². The number of hydrogen-bond donors (Lipinski definition) is 0. The molecule has 0 bridgehead atoms. The zero-order valence-corrected chi connectivity index (χ0v) is 6.84. The third-order valence-electron chi connectivity index (χ3n) is 1.36. The topological polar surface area (TPSA) is 35.7 Å². The Balaban J connectivity index is 2.78. The molecule has 67 valence electrons. The lowest BCUT2D eigenvalue weighted by Crippen LogP contribution is -2.13. The average Bonchev–Trinajstić information content (AvgIpc) is 2.34. The Bertz CT molecular complexity index is 236. The van der Waals surface area contributed by atoms with Crippen LogP contribution >= 0.6 is 0 Å². The molecular weight excluding hydrogens is 166 g/mol. The van der Waals surface area contributed by atoms with E-state index in [-0.39, 0.29) is 11.5 Å². The Kier molecular flexibility index (Phi) is 2.62. The molecule has 1 rings (SSSR count). The lowest BCUT2D eigenvalue weighted by molar-refractivity contribution is 0.204. The first kappa shape index (κ1) is 8.96. The van der Waals surface area contributed by atoms with Crippen molar-refractivity contribution in [2.24, 2.45) is 5.10 Å². The molecule has 0 atom stereocenters. The lowest BCUT2D eigenvalue weighted by Gasteiger charge is -2.05. The monoisotopic (exact) mass is 175 g/mol. The maximum Gasteiger partial charge on any atom is 0.285 e. The molecule has 1 heterocycles. The second kappa shape index (κ2) is 3.51. The zero-order valence-electron chi connectivity index (χ0n) is 6.84. The number of ether oxygens (including phenoxy) is 1. The van der Waals surface area contributed by atoms with E-state index in [4.69, 9.17) is 4.74 Å². The fraction of sp³-hybridized carbons (Fsp3) is 0.571. The number of rotatable bonds is 3. The molecule has 0 saturated carbocycles. The Hall–Kier alpha value is -1.13. The van der Waals surface area contributed by atoms with Crippen LogP contribution in [-0.2, 0) is 4.74 Å². The summed E-state index contributed by atoms with van der Waals surface area (Å²) in [6.45, 7) is 3.65. The highest BCUT2D eigenvalue weighted by atomic mass is 19.3. The molecular formula is C7H9F2N2O. The highest BCUT2D eigenvalue weighted by molar-refractivity contribution is 6.02. The van der Waals surface area contributed by atoms with Crippen molar-refractivity contribution in [1.82, 2.24) is 5.43 Å². The number of hydrogen-bond acceptors (Lipinski definition) is 2. The summed E-state index contributed by atoms with van der Waals surface area (Å²) in [5.41, 5.74) is 3.54. The molecule has 0 aromatic rings. The van der Waals surface area contributed by atoms with Gasteiger partial charge in [-0.2, -0.15) is 5.43 Å². The van der Waals surface area contributed by atoms with Gasteiger partial charge in [0, 0.05) is 0 Å². The molecule has 3 nitrogen and oxygen atoms in total. The molecule has 0 N–H and O–H groups in total. The Morgan fingerprint density at radius 1 is 1.50 bits per heavy atom. The first-order chi connectivity index (χ1) is 5.66. The van der Waals surface area contributed by atoms with Crippen LogP contribution in [-0.4, -0.2) is 18.7 Å². The highest BCUT2D eigenvalue weighted by Gasteiger charge is 2.27. The minimum absolute atomic E-state index is 0.118. The maximum atomic E-state index is 12.2. The smallest absolute Gasteiger partial charge is 0.285 e. The molecule has 0 aromatic carbocycles. The third kappa shape index (κ3) is 1.54. The largest absolute Gasteiger partial charge is 0.490 e. The summed E-state index contributed by atoms with van der Waals surface area (Å²) < 4.78 is 29.3. The molecule has 12 heavy (non-hydrogen) atoms. The molecule has 0 aromatic heterocycles. The Morgan fingerprint density at radius 2 is 2.17 bits per heavy atom. The summed E-state index contributed by atoms with van der Waals surface area (Å²) in [5, 5.41) is 3.31. The van der Waals surface area contributed by atoms with E-state index in [9.17, 15) is 8.78 Å². The van der Waals surface area contributed by atoms with E-state index < -0.39 is 6.43 Å². The van der Waals surface area contributed by atoms with Gasteiger partial charge in [0.1, 0.15) is 5.70 Å². The molecule has 1 radical (unpaired) electrons. The second-order valence-corrected chi connectivity index (χ2v) is 2.23. The van der Waals surface area contributed by atoms with Gasteiger partial charge in [-0.3, -0.25) is 0 Å². The van der Waals surface area contributed by atoms with Crippen molar-refractivity contribution in [2.75, 3.05) is 6.61 Å². The van der Waals surface area contributed by atoms with E-state index in [1.54, 1.807) is 13.8 Å². The molecule has 1 aliphatic heterocycles. The maximum absolute atomic E-state index is 12.2. The van der Waals surface area contributed by atoms with Gasteiger partial charge >= 0.3 is 0 Å². The van der Waals surface area contributed by atoms with Crippen LogP contribution in [0.4, 0.5) is 8.78 Å². The van der Waals surface area contributed by atoms with E-state index in [2.05, 4.69) is 10.5 Å². The predicted octanol–water partition coefficient (Wildman–Crippen LogP) is 1.49. The van der Waals surface area contributed by atoms with Gasteiger partial charge < -0.3 is 4.74 Å². The van der Waals surface area contributed by atoms with Crippen molar-refractivity contribution in [2.45, 2.75) is 20.3 Å². The normalized spacial score (nSPS) is 16.6. The fourth-order valence-electron chi connectivity index (χ4n) is 0.871. The fourth-order valence-corrected chi connectivity index (χ4v) is 0.871. The third-order valence-corrected chi connectivity index (χ3v) is 1.36. The summed E-state index contributed by atoms with van der Waals surface area (Å²) in [6.07, 6.45) is -2.62. The minimum Gasteiger partial charge on any atom is -0.490 e. The van der Waals surface area contributed by atoms with Crippen LogP contribution < -0.4 is 5.43 Å². The average molecular weight is 175 g/mol. The lowest BCUT2D eigenvalue weighted by atomic mass is 10.3. The van der Waals surface area contributed by atoms with E-state index in [0.29, 0.717) is 12.3 Å². The summed E-state index contributed by atoms with van der Waals surface area (Å²) >= 11 is 0. The predicted molar refractivity (Wildman–Crippen MR) is 39.9 cm³/mol. The van der Waals surface area contributed by atoms with E-state index >= 15 is 0 Å². The van der Waals surface area contributed by atoms with Gasteiger partial charge in [-0.25, -0.2) is 8.78 Å². The summed E-state index contributed by atoms with van der Waals surface area (Å²) in [5.74, 6) is 0.118. The van der Waals surface area contributed by atoms with Gasteiger partial charge in [-0.15, -0.1) is 5.10 Å². The molecule has 0 spiro atoms. The highest BCUT2D eigenvalue weighted by Crippen LogP contribution is 2.18. The SMILES string of the molecule is CCOC1=C(C)[N]N=C1C(F)F. The van der Waals surface area contributed by atoms with Crippen LogP contribution in [0.1, 0.15) is 13.8 Å². The van der Waals surface area contributed by atoms with Crippen LogP contribution in [0.15, 0.2) is 16.6 Å². The van der Waals surface area contributed by atoms with E-state index in [1.807, 2.05) is 0 Å². The molecule has 0 saturated heterocycles.